The summed E-state index contributed by atoms with van der Waals surface area (Å²) in [6.45, 7) is 2.23. The number of hydrogen-bond acceptors (Lipinski definition) is 6. The lowest BCUT2D eigenvalue weighted by Gasteiger charge is -2.16. The van der Waals surface area contributed by atoms with Gasteiger partial charge in [0.1, 0.15) is 11.9 Å². The summed E-state index contributed by atoms with van der Waals surface area (Å²) in [4.78, 5) is 24.3. The van der Waals surface area contributed by atoms with E-state index in [1.165, 1.54) is 10.6 Å². The summed E-state index contributed by atoms with van der Waals surface area (Å²) >= 11 is 0. The Hall–Kier alpha value is -3.48. The Labute approximate surface area is 191 Å². The molecule has 4 rings (SSSR count). The number of oxazole rings is 1. The van der Waals surface area contributed by atoms with Crippen molar-refractivity contribution in [1.82, 2.24) is 9.47 Å². The predicted molar refractivity (Wildman–Crippen MR) is 122 cm³/mol. The van der Waals surface area contributed by atoms with Crippen LogP contribution < -0.4 is 11.5 Å². The first-order chi connectivity index (χ1) is 15.8. The number of aryl methyl sites for hydroxylation is 2. The molecule has 3 aromatic rings. The molecule has 1 aliphatic rings. The van der Waals surface area contributed by atoms with Gasteiger partial charge in [0.25, 0.3) is 0 Å². The normalized spacial score (nSPS) is 16.5. The minimum atomic E-state index is -0.426. The molecule has 33 heavy (non-hydrogen) atoms. The average molecular weight is 455 g/mol. The number of ether oxygens (including phenoxy) is 1. The summed E-state index contributed by atoms with van der Waals surface area (Å²) < 4.78 is 25.8. The zero-order valence-corrected chi connectivity index (χ0v) is 18.7. The lowest BCUT2D eigenvalue weighted by Crippen LogP contribution is -2.38. The highest BCUT2D eigenvalue weighted by Gasteiger charge is 2.20. The maximum Gasteiger partial charge on any atom is 0.419 e. The number of nitriles is 1. The zero-order chi connectivity index (χ0) is 24.0. The number of halogens is 1. The van der Waals surface area contributed by atoms with E-state index >= 15 is 0 Å². The summed E-state index contributed by atoms with van der Waals surface area (Å²) in [6.07, 6.45) is 1.25. The third-order valence-electron chi connectivity index (χ3n) is 5.48. The van der Waals surface area contributed by atoms with Crippen LogP contribution in [0.4, 0.5) is 4.39 Å². The van der Waals surface area contributed by atoms with E-state index in [4.69, 9.17) is 20.1 Å². The molecular weight excluding hydrogens is 427 g/mol. The van der Waals surface area contributed by atoms with Crippen LogP contribution >= 0.6 is 0 Å². The first-order valence-electron chi connectivity index (χ1n) is 10.6. The van der Waals surface area contributed by atoms with Crippen molar-refractivity contribution in [2.24, 2.45) is 12.8 Å². The second-order valence-electron chi connectivity index (χ2n) is 7.95. The van der Waals surface area contributed by atoms with E-state index in [1.807, 2.05) is 19.2 Å². The maximum absolute atomic E-state index is 14.1. The number of carbonyl (C=O) groups excluding carboxylic acids is 1. The SMILES string of the molecule is CN1CCCO[C@H](C(N)=O)C1.Cn1c(=O)oc2ccc(-c3ccc(CCC#N)c(F)c3)cc21. The summed E-state index contributed by atoms with van der Waals surface area (Å²) in [5.74, 6) is -1.11. The molecule has 0 spiro atoms. The maximum atomic E-state index is 14.1. The first kappa shape index (κ1) is 24.2. The van der Waals surface area contributed by atoms with Crippen LogP contribution in [-0.4, -0.2) is 48.2 Å². The fourth-order valence-electron chi connectivity index (χ4n) is 3.59. The van der Waals surface area contributed by atoms with E-state index in [1.54, 1.807) is 31.3 Å². The van der Waals surface area contributed by atoms with Gasteiger partial charge < -0.3 is 19.8 Å². The Morgan fingerprint density at radius 1 is 1.24 bits per heavy atom. The summed E-state index contributed by atoms with van der Waals surface area (Å²) in [7, 11) is 3.59. The quantitative estimate of drug-likeness (QED) is 0.648. The van der Waals surface area contributed by atoms with Crippen molar-refractivity contribution in [2.45, 2.75) is 25.4 Å². The van der Waals surface area contributed by atoms with Crippen molar-refractivity contribution >= 4 is 17.0 Å². The van der Waals surface area contributed by atoms with Crippen LogP contribution in [0, 0.1) is 17.1 Å². The highest BCUT2D eigenvalue weighted by Crippen LogP contribution is 2.26. The molecule has 1 fully saturated rings. The van der Waals surface area contributed by atoms with E-state index in [-0.39, 0.29) is 11.7 Å². The lowest BCUT2D eigenvalue weighted by molar-refractivity contribution is -0.129. The van der Waals surface area contributed by atoms with Crippen LogP contribution in [0.2, 0.25) is 0 Å². The Morgan fingerprint density at radius 2 is 1.97 bits per heavy atom. The van der Waals surface area contributed by atoms with Crippen molar-refractivity contribution in [2.75, 3.05) is 26.7 Å². The van der Waals surface area contributed by atoms with Crippen LogP contribution in [0.15, 0.2) is 45.6 Å². The third kappa shape index (κ3) is 6.06. The number of benzene rings is 2. The largest absolute Gasteiger partial charge is 0.419 e. The zero-order valence-electron chi connectivity index (χ0n) is 18.7. The highest BCUT2D eigenvalue weighted by molar-refractivity contribution is 5.80. The van der Waals surface area contributed by atoms with Crippen molar-refractivity contribution in [3.05, 3.63) is 58.3 Å². The Kier molecular flexibility index (Phi) is 7.98. The van der Waals surface area contributed by atoms with Gasteiger partial charge in [-0.3, -0.25) is 9.36 Å². The molecule has 8 nitrogen and oxygen atoms in total. The van der Waals surface area contributed by atoms with Gasteiger partial charge in [-0.25, -0.2) is 9.18 Å². The van der Waals surface area contributed by atoms with Gasteiger partial charge in [0, 0.05) is 33.2 Å². The predicted octanol–water partition coefficient (Wildman–Crippen LogP) is 2.59. The van der Waals surface area contributed by atoms with Crippen molar-refractivity contribution in [3.8, 4) is 17.2 Å². The smallest absolute Gasteiger partial charge is 0.408 e. The van der Waals surface area contributed by atoms with Gasteiger partial charge in [-0.2, -0.15) is 5.26 Å². The third-order valence-corrected chi connectivity index (χ3v) is 5.48. The van der Waals surface area contributed by atoms with Gasteiger partial charge in [0.05, 0.1) is 11.6 Å². The van der Waals surface area contributed by atoms with Gasteiger partial charge in [0.15, 0.2) is 5.58 Å². The van der Waals surface area contributed by atoms with Crippen molar-refractivity contribution < 1.29 is 18.3 Å². The molecule has 2 heterocycles. The Balaban J connectivity index is 0.000000235. The summed E-state index contributed by atoms with van der Waals surface area (Å²) in [6, 6.07) is 12.3. The molecule has 0 radical (unpaired) electrons. The Morgan fingerprint density at radius 3 is 2.67 bits per heavy atom. The number of rotatable bonds is 4. The van der Waals surface area contributed by atoms with Gasteiger partial charge >= 0.3 is 5.76 Å². The van der Waals surface area contributed by atoms with Gasteiger partial charge in [0.2, 0.25) is 5.91 Å². The molecule has 0 bridgehead atoms. The molecule has 0 unspecified atom stereocenters. The average Bonchev–Trinajstić information content (AvgIpc) is 2.94. The van der Waals surface area contributed by atoms with Crippen LogP contribution in [0.25, 0.3) is 22.2 Å². The number of hydrogen-bond donors (Lipinski definition) is 1. The monoisotopic (exact) mass is 454 g/mol. The van der Waals surface area contributed by atoms with Crippen LogP contribution in [0.1, 0.15) is 18.4 Å². The molecule has 0 saturated carbocycles. The molecule has 0 aliphatic carbocycles. The second kappa shape index (κ2) is 10.9. The molecule has 1 aromatic heterocycles. The molecule has 1 saturated heterocycles. The van der Waals surface area contributed by atoms with E-state index in [0.29, 0.717) is 48.2 Å². The fraction of sp³-hybridized carbons (Fsp3) is 0.375. The highest BCUT2D eigenvalue weighted by atomic mass is 19.1. The fourth-order valence-corrected chi connectivity index (χ4v) is 3.59. The summed E-state index contributed by atoms with van der Waals surface area (Å²) in [5, 5.41) is 8.57. The molecule has 1 aliphatic heterocycles. The molecule has 2 aromatic carbocycles. The van der Waals surface area contributed by atoms with E-state index in [2.05, 4.69) is 4.90 Å². The van der Waals surface area contributed by atoms with Gasteiger partial charge in [-0.15, -0.1) is 0 Å². The minimum Gasteiger partial charge on any atom is -0.408 e. The van der Waals surface area contributed by atoms with Gasteiger partial charge in [-0.05, 0) is 54.8 Å². The van der Waals surface area contributed by atoms with E-state index < -0.39 is 11.9 Å². The number of likely N-dealkylation sites (N-methyl/N-ethyl adjacent to an activating group) is 1. The van der Waals surface area contributed by atoms with Gasteiger partial charge in [-0.1, -0.05) is 18.2 Å². The number of nitrogens with zero attached hydrogens (tertiary/aromatic N) is 3. The topological polar surface area (TPSA) is 114 Å². The molecule has 174 valence electrons. The molecule has 1 atom stereocenters. The van der Waals surface area contributed by atoms with Crippen molar-refractivity contribution in [1.29, 1.82) is 5.26 Å². The number of carbonyl (C=O) groups is 1. The molecule has 2 N–H and O–H groups in total. The Bertz CT molecular complexity index is 1230. The molecular formula is C24H27FN4O4. The van der Waals surface area contributed by atoms with E-state index in [9.17, 15) is 14.0 Å². The number of primary amides is 1. The standard InChI is InChI=1S/C17H13FN2O2.C7H14N2O2/c1-20-15-10-13(6-7-16(15)22-17(20)21)12-5-4-11(3-2-8-19)14(18)9-12;1-9-3-2-4-11-6(5-9)7(8)10/h4-7,9-10H,2-3H2,1H3;6H,2-5H2,1H3,(H2,8,10)/t;6-/m.0/s1. The van der Waals surface area contributed by atoms with Crippen molar-refractivity contribution in [3.63, 3.8) is 0 Å². The number of aromatic nitrogens is 1. The lowest BCUT2D eigenvalue weighted by atomic mass is 10.0. The minimum absolute atomic E-state index is 0.291. The summed E-state index contributed by atoms with van der Waals surface area (Å²) in [5.41, 5.74) is 8.32. The van der Waals surface area contributed by atoms with Crippen LogP contribution in [0.3, 0.4) is 0 Å². The molecule has 1 amide bonds. The number of fused-ring (bicyclic) bond motifs is 1. The molecule has 9 heteroatoms. The number of nitrogens with two attached hydrogens (primary N) is 1. The first-order valence-corrected chi connectivity index (χ1v) is 10.6. The van der Waals surface area contributed by atoms with E-state index in [0.717, 1.165) is 18.5 Å². The number of amides is 1. The van der Waals surface area contributed by atoms with Crippen LogP contribution in [-0.2, 0) is 23.0 Å². The van der Waals surface area contributed by atoms with Crippen LogP contribution in [0.5, 0.6) is 0 Å². The second-order valence-corrected chi connectivity index (χ2v) is 7.95.